The normalized spacial score (nSPS) is 13.9. The van der Waals surface area contributed by atoms with E-state index in [9.17, 15) is 4.79 Å². The summed E-state index contributed by atoms with van der Waals surface area (Å²) in [6, 6.07) is 13.2. The number of fused-ring (bicyclic) bond motifs is 1. The maximum Gasteiger partial charge on any atom is 0.287 e. The number of pyridine rings is 1. The number of rotatable bonds is 8. The Morgan fingerprint density at radius 2 is 1.88 bits per heavy atom. The van der Waals surface area contributed by atoms with Gasteiger partial charge in [0.25, 0.3) is 5.91 Å². The van der Waals surface area contributed by atoms with Crippen molar-refractivity contribution in [1.29, 1.82) is 0 Å². The van der Waals surface area contributed by atoms with Crippen LogP contribution in [0.25, 0.3) is 11.0 Å². The van der Waals surface area contributed by atoms with Gasteiger partial charge in [-0.05, 0) is 43.4 Å². The molecule has 1 amide bonds. The first-order valence-corrected chi connectivity index (χ1v) is 12.0. The molecule has 4 aromatic rings. The maximum absolute atomic E-state index is 13.0. The molecule has 0 bridgehead atoms. The fourth-order valence-electron chi connectivity index (χ4n) is 3.95. The van der Waals surface area contributed by atoms with Crippen LogP contribution < -0.4 is 10.1 Å². The summed E-state index contributed by atoms with van der Waals surface area (Å²) in [5.74, 6) is 1.21. The zero-order valence-corrected chi connectivity index (χ0v) is 18.9. The molecular weight excluding hydrogens is 436 g/mol. The lowest BCUT2D eigenvalue weighted by Crippen LogP contribution is -2.23. The Hall–Kier alpha value is -3.39. The number of aromatic nitrogens is 3. The minimum Gasteiger partial charge on any atom is -0.474 e. The van der Waals surface area contributed by atoms with Gasteiger partial charge in [-0.3, -0.25) is 4.79 Å². The second kappa shape index (κ2) is 10.0. The Morgan fingerprint density at radius 3 is 2.67 bits per heavy atom. The number of amides is 1. The third-order valence-electron chi connectivity index (χ3n) is 5.63. The molecule has 3 heterocycles. The van der Waals surface area contributed by atoms with E-state index >= 15 is 0 Å². The summed E-state index contributed by atoms with van der Waals surface area (Å²) in [5, 5.41) is 4.52. The Bertz CT molecular complexity index is 1220. The Kier molecular flexibility index (Phi) is 6.53. The van der Waals surface area contributed by atoms with Crippen LogP contribution in [-0.2, 0) is 12.3 Å². The first kappa shape index (κ1) is 21.5. The maximum atomic E-state index is 13.0. The molecule has 1 aliphatic rings. The fourth-order valence-corrected chi connectivity index (χ4v) is 4.78. The number of hydrogen-bond acceptors (Lipinski definition) is 7. The van der Waals surface area contributed by atoms with E-state index in [0.29, 0.717) is 34.7 Å². The van der Waals surface area contributed by atoms with Crippen LogP contribution in [0.2, 0.25) is 0 Å². The van der Waals surface area contributed by atoms with Crippen molar-refractivity contribution in [2.24, 2.45) is 0 Å². The van der Waals surface area contributed by atoms with Crippen LogP contribution in [0.5, 0.6) is 5.88 Å². The summed E-state index contributed by atoms with van der Waals surface area (Å²) in [7, 11) is 0. The number of carbonyl (C=O) groups is 1. The molecule has 1 aromatic carbocycles. The summed E-state index contributed by atoms with van der Waals surface area (Å²) in [4.78, 5) is 25.9. The van der Waals surface area contributed by atoms with E-state index in [1.807, 2.05) is 36.4 Å². The molecule has 0 aliphatic heterocycles. The van der Waals surface area contributed by atoms with Crippen molar-refractivity contribution in [1.82, 2.24) is 20.3 Å². The Morgan fingerprint density at radius 1 is 1.06 bits per heavy atom. The van der Waals surface area contributed by atoms with Crippen molar-refractivity contribution in [2.45, 2.75) is 49.2 Å². The second-order valence-corrected chi connectivity index (χ2v) is 8.88. The van der Waals surface area contributed by atoms with Crippen LogP contribution in [0, 0.1) is 0 Å². The zero-order valence-electron chi connectivity index (χ0n) is 18.1. The number of furan rings is 1. The van der Waals surface area contributed by atoms with Crippen LogP contribution >= 0.6 is 11.8 Å². The number of thioether (sulfide) groups is 1. The number of carbonyl (C=O) groups excluding carboxylic acids is 1. The molecule has 1 saturated carbocycles. The molecule has 1 N–H and O–H groups in total. The first-order valence-electron chi connectivity index (χ1n) is 11.1. The van der Waals surface area contributed by atoms with E-state index < -0.39 is 0 Å². The van der Waals surface area contributed by atoms with Crippen LogP contribution in [0.1, 0.15) is 47.4 Å². The standard InChI is InChI=1S/C25H24N4O3S/c30-24(29-15-17-10-11-22(28-14-17)31-18-6-1-2-7-18)23-20(16-33-25-26-12-5-13-27-25)19-8-3-4-9-21(19)32-23/h3-5,8-14,18H,1-2,6-7,15-16H2,(H,29,30). The molecule has 0 saturated heterocycles. The second-order valence-electron chi connectivity index (χ2n) is 7.94. The van der Waals surface area contributed by atoms with Crippen molar-refractivity contribution >= 4 is 28.6 Å². The van der Waals surface area contributed by atoms with Crippen molar-refractivity contribution in [3.05, 3.63) is 77.9 Å². The van der Waals surface area contributed by atoms with Gasteiger partial charge in [-0.25, -0.2) is 15.0 Å². The minimum atomic E-state index is -0.262. The molecule has 0 atom stereocenters. The van der Waals surface area contributed by atoms with Crippen molar-refractivity contribution in [3.63, 3.8) is 0 Å². The molecule has 1 fully saturated rings. The van der Waals surface area contributed by atoms with Gasteiger partial charge in [0.05, 0.1) is 0 Å². The van der Waals surface area contributed by atoms with Gasteiger partial charge in [0.15, 0.2) is 10.9 Å². The van der Waals surface area contributed by atoms with Gasteiger partial charge < -0.3 is 14.5 Å². The third kappa shape index (κ3) is 5.17. The Balaban J connectivity index is 1.27. The number of nitrogens with zero attached hydrogens (tertiary/aromatic N) is 3. The molecule has 168 valence electrons. The Labute approximate surface area is 196 Å². The average Bonchev–Trinajstić information content (AvgIpc) is 3.50. The van der Waals surface area contributed by atoms with Gasteiger partial charge in [0, 0.05) is 47.9 Å². The van der Waals surface area contributed by atoms with E-state index in [0.717, 1.165) is 29.4 Å². The molecule has 33 heavy (non-hydrogen) atoms. The molecule has 0 radical (unpaired) electrons. The minimum absolute atomic E-state index is 0.262. The molecule has 5 rings (SSSR count). The van der Waals surface area contributed by atoms with Crippen molar-refractivity contribution in [2.75, 3.05) is 0 Å². The van der Waals surface area contributed by atoms with E-state index in [1.165, 1.54) is 24.6 Å². The lowest BCUT2D eigenvalue weighted by atomic mass is 10.1. The summed E-state index contributed by atoms with van der Waals surface area (Å²) < 4.78 is 11.8. The van der Waals surface area contributed by atoms with Crippen LogP contribution in [0.3, 0.4) is 0 Å². The molecule has 8 heteroatoms. The highest BCUT2D eigenvalue weighted by Gasteiger charge is 2.21. The highest BCUT2D eigenvalue weighted by molar-refractivity contribution is 7.98. The van der Waals surface area contributed by atoms with Crippen LogP contribution in [0.15, 0.2) is 70.6 Å². The quantitative estimate of drug-likeness (QED) is 0.287. The predicted molar refractivity (Wildman–Crippen MR) is 126 cm³/mol. The average molecular weight is 461 g/mol. The topological polar surface area (TPSA) is 90.1 Å². The lowest BCUT2D eigenvalue weighted by Gasteiger charge is -2.12. The summed E-state index contributed by atoms with van der Waals surface area (Å²) in [5.41, 5.74) is 2.41. The number of nitrogens with one attached hydrogen (secondary N) is 1. The lowest BCUT2D eigenvalue weighted by molar-refractivity contribution is 0.0924. The molecule has 0 unspecified atom stereocenters. The van der Waals surface area contributed by atoms with Gasteiger partial charge in [-0.2, -0.15) is 0 Å². The molecule has 0 spiro atoms. The SMILES string of the molecule is O=C(NCc1ccc(OC2CCCC2)nc1)c1oc2ccccc2c1CSc1ncccn1. The number of para-hydroxylation sites is 1. The first-order chi connectivity index (χ1) is 16.3. The van der Waals surface area contributed by atoms with E-state index in [-0.39, 0.29) is 12.0 Å². The molecule has 1 aliphatic carbocycles. The number of benzene rings is 1. The smallest absolute Gasteiger partial charge is 0.287 e. The number of hydrogen-bond donors (Lipinski definition) is 1. The fraction of sp³-hybridized carbons (Fsp3) is 0.280. The van der Waals surface area contributed by atoms with E-state index in [1.54, 1.807) is 24.7 Å². The van der Waals surface area contributed by atoms with Gasteiger partial charge >= 0.3 is 0 Å². The van der Waals surface area contributed by atoms with E-state index in [4.69, 9.17) is 9.15 Å². The van der Waals surface area contributed by atoms with Crippen LogP contribution in [0.4, 0.5) is 0 Å². The monoisotopic (exact) mass is 460 g/mol. The molecule has 3 aromatic heterocycles. The predicted octanol–water partition coefficient (Wildman–Crippen LogP) is 5.16. The molecular formula is C25H24N4O3S. The highest BCUT2D eigenvalue weighted by atomic mass is 32.2. The van der Waals surface area contributed by atoms with Gasteiger partial charge in [-0.15, -0.1) is 0 Å². The largest absolute Gasteiger partial charge is 0.474 e. The van der Waals surface area contributed by atoms with Crippen molar-refractivity contribution in [3.8, 4) is 5.88 Å². The summed E-state index contributed by atoms with van der Waals surface area (Å²) >= 11 is 1.47. The molecule has 7 nitrogen and oxygen atoms in total. The summed E-state index contributed by atoms with van der Waals surface area (Å²) in [6.45, 7) is 0.348. The van der Waals surface area contributed by atoms with Crippen LogP contribution in [-0.4, -0.2) is 27.0 Å². The highest BCUT2D eigenvalue weighted by Crippen LogP contribution is 2.31. The van der Waals surface area contributed by atoms with Gasteiger partial charge in [0.1, 0.15) is 11.7 Å². The van der Waals surface area contributed by atoms with Crippen molar-refractivity contribution < 1.29 is 13.9 Å². The van der Waals surface area contributed by atoms with Gasteiger partial charge in [-0.1, -0.05) is 36.0 Å². The van der Waals surface area contributed by atoms with E-state index in [2.05, 4.69) is 20.3 Å². The third-order valence-corrected chi connectivity index (χ3v) is 6.53. The number of ether oxygens (including phenoxy) is 1. The zero-order chi connectivity index (χ0) is 22.5. The van der Waals surface area contributed by atoms with Gasteiger partial charge in [0.2, 0.25) is 5.88 Å². The summed E-state index contributed by atoms with van der Waals surface area (Å²) in [6.07, 6.45) is 10.0.